The number of guanidine groups is 1. The fourth-order valence-electron chi connectivity index (χ4n) is 3.32. The van der Waals surface area contributed by atoms with Gasteiger partial charge in [-0.25, -0.2) is 9.79 Å². The van der Waals surface area contributed by atoms with Crippen LogP contribution in [0, 0.1) is 13.8 Å². The Bertz CT molecular complexity index is 685. The molecular weight excluding hydrogens is 358 g/mol. The standard InChI is InChI=1S/C20H33N5O3/c1-6-21-19(23-13-17-15(4)18(27-5)14(3)12-22-17)24-16-8-10-25(11-9-16)20(26)28-7-2/h12,16H,6-11,13H2,1-5H3,(H2,21,23,24). The zero-order valence-corrected chi connectivity index (χ0v) is 17.7. The molecule has 1 fully saturated rings. The molecule has 0 aromatic carbocycles. The Labute approximate surface area is 167 Å². The lowest BCUT2D eigenvalue weighted by molar-refractivity contribution is 0.0963. The van der Waals surface area contributed by atoms with Gasteiger partial charge in [0, 0.05) is 43.0 Å². The molecule has 8 nitrogen and oxygen atoms in total. The average Bonchev–Trinajstić information content (AvgIpc) is 2.68. The molecule has 2 heterocycles. The highest BCUT2D eigenvalue weighted by Crippen LogP contribution is 2.24. The van der Waals surface area contributed by atoms with Crippen LogP contribution in [0.25, 0.3) is 0 Å². The first kappa shape index (κ1) is 21.8. The van der Waals surface area contributed by atoms with Gasteiger partial charge in [-0.3, -0.25) is 4.98 Å². The molecule has 0 unspecified atom stereocenters. The number of aliphatic imine (C=N–C) groups is 1. The first-order valence-electron chi connectivity index (χ1n) is 9.95. The van der Waals surface area contributed by atoms with Crippen LogP contribution >= 0.6 is 0 Å². The molecule has 1 aliphatic rings. The van der Waals surface area contributed by atoms with Crippen LogP contribution in [0.4, 0.5) is 4.79 Å². The zero-order chi connectivity index (χ0) is 20.5. The van der Waals surface area contributed by atoms with Gasteiger partial charge >= 0.3 is 6.09 Å². The summed E-state index contributed by atoms with van der Waals surface area (Å²) in [6.45, 7) is 10.9. The van der Waals surface area contributed by atoms with Gasteiger partial charge in [-0.2, -0.15) is 0 Å². The van der Waals surface area contributed by atoms with Crippen molar-refractivity contribution < 1.29 is 14.3 Å². The number of methoxy groups -OCH3 is 1. The smallest absolute Gasteiger partial charge is 0.409 e. The summed E-state index contributed by atoms with van der Waals surface area (Å²) in [4.78, 5) is 22.8. The quantitative estimate of drug-likeness (QED) is 0.572. The third-order valence-corrected chi connectivity index (χ3v) is 4.84. The second-order valence-electron chi connectivity index (χ2n) is 6.85. The van der Waals surface area contributed by atoms with E-state index in [1.54, 1.807) is 12.0 Å². The molecule has 0 atom stereocenters. The van der Waals surface area contributed by atoms with E-state index in [1.165, 1.54) is 0 Å². The summed E-state index contributed by atoms with van der Waals surface area (Å²) in [5.41, 5.74) is 2.94. The highest BCUT2D eigenvalue weighted by molar-refractivity contribution is 5.80. The molecule has 0 radical (unpaired) electrons. The van der Waals surface area contributed by atoms with Crippen molar-refractivity contribution in [3.05, 3.63) is 23.0 Å². The fraction of sp³-hybridized carbons (Fsp3) is 0.650. The van der Waals surface area contributed by atoms with E-state index in [0.717, 1.165) is 47.9 Å². The van der Waals surface area contributed by atoms with Gasteiger partial charge in [0.2, 0.25) is 0 Å². The number of aromatic nitrogens is 1. The maximum atomic E-state index is 11.8. The van der Waals surface area contributed by atoms with E-state index in [2.05, 4.69) is 15.6 Å². The average molecular weight is 392 g/mol. The minimum absolute atomic E-state index is 0.226. The molecule has 0 bridgehead atoms. The summed E-state index contributed by atoms with van der Waals surface area (Å²) in [6, 6.07) is 0.269. The van der Waals surface area contributed by atoms with Crippen molar-refractivity contribution >= 4 is 12.1 Å². The van der Waals surface area contributed by atoms with Crippen LogP contribution in [0.2, 0.25) is 0 Å². The Hall–Kier alpha value is -2.51. The van der Waals surface area contributed by atoms with Crippen molar-refractivity contribution in [1.29, 1.82) is 0 Å². The van der Waals surface area contributed by atoms with E-state index in [4.69, 9.17) is 14.5 Å². The number of carbonyl (C=O) groups is 1. The Morgan fingerprint density at radius 3 is 2.64 bits per heavy atom. The Balaban J connectivity index is 1.98. The minimum Gasteiger partial charge on any atom is -0.496 e. The van der Waals surface area contributed by atoms with Crippen molar-refractivity contribution in [2.45, 2.75) is 53.1 Å². The van der Waals surface area contributed by atoms with Gasteiger partial charge in [-0.15, -0.1) is 0 Å². The van der Waals surface area contributed by atoms with Crippen LogP contribution in [-0.2, 0) is 11.3 Å². The monoisotopic (exact) mass is 391 g/mol. The van der Waals surface area contributed by atoms with Crippen LogP contribution in [-0.4, -0.2) is 61.3 Å². The molecule has 1 saturated heterocycles. The Kier molecular flexibility index (Phi) is 8.35. The minimum atomic E-state index is -0.226. The summed E-state index contributed by atoms with van der Waals surface area (Å²) in [5, 5.41) is 6.77. The predicted octanol–water partition coefficient (Wildman–Crippen LogP) is 2.38. The summed E-state index contributed by atoms with van der Waals surface area (Å²) >= 11 is 0. The van der Waals surface area contributed by atoms with Gasteiger partial charge < -0.3 is 25.0 Å². The molecule has 1 aromatic rings. The molecule has 8 heteroatoms. The third kappa shape index (κ3) is 5.74. The molecule has 0 saturated carbocycles. The molecule has 1 aliphatic heterocycles. The largest absolute Gasteiger partial charge is 0.496 e. The Morgan fingerprint density at radius 1 is 1.32 bits per heavy atom. The summed E-state index contributed by atoms with van der Waals surface area (Å²) < 4.78 is 10.6. The van der Waals surface area contributed by atoms with E-state index in [0.29, 0.717) is 26.2 Å². The number of pyridine rings is 1. The number of amides is 1. The Morgan fingerprint density at radius 2 is 2.04 bits per heavy atom. The van der Waals surface area contributed by atoms with Crippen LogP contribution in [0.15, 0.2) is 11.2 Å². The number of hydrogen-bond acceptors (Lipinski definition) is 5. The number of hydrogen-bond donors (Lipinski definition) is 2. The maximum absolute atomic E-state index is 11.8. The second kappa shape index (κ2) is 10.7. The summed E-state index contributed by atoms with van der Waals surface area (Å²) in [7, 11) is 1.68. The first-order valence-corrected chi connectivity index (χ1v) is 9.95. The second-order valence-corrected chi connectivity index (χ2v) is 6.85. The van der Waals surface area contributed by atoms with Gasteiger partial charge in [0.05, 0.1) is 26.0 Å². The number of nitrogens with zero attached hydrogens (tertiary/aromatic N) is 3. The van der Waals surface area contributed by atoms with Crippen molar-refractivity contribution in [3.63, 3.8) is 0 Å². The SMILES string of the molecule is CCNC(=NCc1ncc(C)c(OC)c1C)NC1CCN(C(=O)OCC)CC1. The van der Waals surface area contributed by atoms with Gasteiger partial charge in [-0.05, 0) is 40.5 Å². The van der Waals surface area contributed by atoms with Crippen molar-refractivity contribution in [1.82, 2.24) is 20.5 Å². The zero-order valence-electron chi connectivity index (χ0n) is 17.7. The number of aryl methyl sites for hydroxylation is 1. The number of piperidine rings is 1. The first-order chi connectivity index (χ1) is 13.5. The highest BCUT2D eigenvalue weighted by atomic mass is 16.6. The third-order valence-electron chi connectivity index (χ3n) is 4.84. The summed E-state index contributed by atoms with van der Waals surface area (Å²) in [6.07, 6.45) is 3.32. The number of nitrogens with one attached hydrogen (secondary N) is 2. The lowest BCUT2D eigenvalue weighted by atomic mass is 10.1. The molecule has 28 heavy (non-hydrogen) atoms. The lowest BCUT2D eigenvalue weighted by Gasteiger charge is -2.32. The molecular formula is C20H33N5O3. The van der Waals surface area contributed by atoms with Gasteiger partial charge in [0.15, 0.2) is 5.96 Å². The molecule has 156 valence electrons. The number of likely N-dealkylation sites (tertiary alicyclic amines) is 1. The predicted molar refractivity (Wildman–Crippen MR) is 110 cm³/mol. The molecule has 0 aliphatic carbocycles. The van der Waals surface area contributed by atoms with Crippen LogP contribution in [0.5, 0.6) is 5.75 Å². The van der Waals surface area contributed by atoms with E-state index in [-0.39, 0.29) is 12.1 Å². The van der Waals surface area contributed by atoms with Crippen molar-refractivity contribution in [3.8, 4) is 5.75 Å². The number of ether oxygens (including phenoxy) is 2. The number of rotatable bonds is 6. The van der Waals surface area contributed by atoms with Gasteiger partial charge in [0.25, 0.3) is 0 Å². The van der Waals surface area contributed by atoms with Crippen LogP contribution < -0.4 is 15.4 Å². The maximum Gasteiger partial charge on any atom is 0.409 e. The van der Waals surface area contributed by atoms with E-state index in [1.807, 2.05) is 33.9 Å². The molecule has 1 amide bonds. The molecule has 2 N–H and O–H groups in total. The highest BCUT2D eigenvalue weighted by Gasteiger charge is 2.24. The van der Waals surface area contributed by atoms with E-state index >= 15 is 0 Å². The fourth-order valence-corrected chi connectivity index (χ4v) is 3.32. The van der Waals surface area contributed by atoms with Crippen LogP contribution in [0.1, 0.15) is 43.5 Å². The van der Waals surface area contributed by atoms with E-state index < -0.39 is 0 Å². The molecule has 2 rings (SSSR count). The van der Waals surface area contributed by atoms with Crippen molar-refractivity contribution in [2.75, 3.05) is 33.4 Å². The molecule has 0 spiro atoms. The van der Waals surface area contributed by atoms with E-state index in [9.17, 15) is 4.79 Å². The van der Waals surface area contributed by atoms with Crippen LogP contribution in [0.3, 0.4) is 0 Å². The molecule has 1 aromatic heterocycles. The lowest BCUT2D eigenvalue weighted by Crippen LogP contribution is -2.49. The number of carbonyl (C=O) groups excluding carboxylic acids is 1. The van der Waals surface area contributed by atoms with Gasteiger partial charge in [0.1, 0.15) is 5.75 Å². The van der Waals surface area contributed by atoms with Crippen molar-refractivity contribution in [2.24, 2.45) is 4.99 Å². The summed E-state index contributed by atoms with van der Waals surface area (Å²) in [5.74, 6) is 1.63. The van der Waals surface area contributed by atoms with Gasteiger partial charge in [-0.1, -0.05) is 0 Å². The topological polar surface area (TPSA) is 88.1 Å². The normalized spacial score (nSPS) is 15.3.